The van der Waals surface area contributed by atoms with E-state index in [1.807, 2.05) is 0 Å². The molecule has 2 N–H and O–H groups in total. The maximum absolute atomic E-state index is 11.3. The van der Waals surface area contributed by atoms with E-state index in [0.29, 0.717) is 0 Å². The molecule has 1 aliphatic rings. The number of ether oxygens (including phenoxy) is 5. The van der Waals surface area contributed by atoms with Gasteiger partial charge < -0.3 is 29.4 Å². The van der Waals surface area contributed by atoms with Crippen molar-refractivity contribution in [1.82, 2.24) is 0 Å². The zero-order chi connectivity index (χ0) is 18.4. The number of hydrogen-bond donors (Lipinski definition) is 1. The molecule has 0 aromatic carbocycles. The highest BCUT2D eigenvalue weighted by Crippen LogP contribution is 2.26. The average Bonchev–Trinajstić information content (AvgIpc) is 2.42. The van der Waals surface area contributed by atoms with Crippen molar-refractivity contribution < 1.29 is 42.9 Å². The number of hydrogen-bond acceptors (Lipinski definition) is 10. The van der Waals surface area contributed by atoms with Crippen LogP contribution in [-0.4, -0.2) is 61.1 Å². The lowest BCUT2D eigenvalue weighted by Gasteiger charge is -2.42. The topological polar surface area (TPSA) is 140 Å². The molecule has 5 atom stereocenters. The molecule has 0 spiro atoms. The molecule has 1 fully saturated rings. The Morgan fingerprint density at radius 2 is 1.33 bits per heavy atom. The zero-order valence-corrected chi connectivity index (χ0v) is 13.8. The van der Waals surface area contributed by atoms with Crippen LogP contribution in [0.15, 0.2) is 0 Å². The van der Waals surface area contributed by atoms with Crippen molar-refractivity contribution in [3.63, 3.8) is 0 Å². The van der Waals surface area contributed by atoms with Gasteiger partial charge in [0.2, 0.25) is 6.29 Å². The van der Waals surface area contributed by atoms with Crippen LogP contribution in [0.4, 0.5) is 0 Å². The van der Waals surface area contributed by atoms with E-state index in [1.54, 1.807) is 0 Å². The van der Waals surface area contributed by atoms with Gasteiger partial charge in [-0.3, -0.25) is 19.2 Å². The summed E-state index contributed by atoms with van der Waals surface area (Å²) in [6, 6.07) is -1.10. The van der Waals surface area contributed by atoms with Crippen molar-refractivity contribution in [3.05, 3.63) is 0 Å². The summed E-state index contributed by atoms with van der Waals surface area (Å²) in [6.45, 7) is 4.32. The molecule has 10 nitrogen and oxygen atoms in total. The van der Waals surface area contributed by atoms with Crippen molar-refractivity contribution in [2.24, 2.45) is 5.73 Å². The Hall–Kier alpha value is -2.20. The Kier molecular flexibility index (Phi) is 7.11. The first-order valence-corrected chi connectivity index (χ1v) is 7.18. The average molecular weight is 347 g/mol. The van der Waals surface area contributed by atoms with Crippen molar-refractivity contribution >= 4 is 23.9 Å². The van der Waals surface area contributed by atoms with Crippen LogP contribution >= 0.6 is 0 Å². The van der Waals surface area contributed by atoms with Crippen molar-refractivity contribution in [2.45, 2.75) is 58.3 Å². The fourth-order valence-electron chi connectivity index (χ4n) is 2.20. The summed E-state index contributed by atoms with van der Waals surface area (Å²) in [4.78, 5) is 44.9. The van der Waals surface area contributed by atoms with Crippen LogP contribution < -0.4 is 5.73 Å². The van der Waals surface area contributed by atoms with Crippen LogP contribution in [0.5, 0.6) is 0 Å². The highest BCUT2D eigenvalue weighted by Gasteiger charge is 2.50. The molecule has 1 rings (SSSR count). The first-order chi connectivity index (χ1) is 11.1. The minimum Gasteiger partial charge on any atom is -0.463 e. The quantitative estimate of drug-likeness (QED) is 0.487. The molecule has 0 unspecified atom stereocenters. The lowest BCUT2D eigenvalue weighted by Crippen LogP contribution is -2.65. The zero-order valence-electron chi connectivity index (χ0n) is 13.8. The molecule has 1 saturated heterocycles. The van der Waals surface area contributed by atoms with E-state index in [2.05, 4.69) is 0 Å². The van der Waals surface area contributed by atoms with Gasteiger partial charge in [0.05, 0.1) is 0 Å². The maximum Gasteiger partial charge on any atom is 0.304 e. The highest BCUT2D eigenvalue weighted by atomic mass is 16.7. The Labute approximate surface area is 138 Å². The number of carbonyl (C=O) groups is 4. The van der Waals surface area contributed by atoms with Crippen molar-refractivity contribution in [1.29, 1.82) is 0 Å². The van der Waals surface area contributed by atoms with Crippen LogP contribution in [0.3, 0.4) is 0 Å². The lowest BCUT2D eigenvalue weighted by molar-refractivity contribution is -0.267. The summed E-state index contributed by atoms with van der Waals surface area (Å²) < 4.78 is 25.5. The van der Waals surface area contributed by atoms with E-state index >= 15 is 0 Å². The fraction of sp³-hybridized carbons (Fsp3) is 0.714. The molecule has 1 heterocycles. The van der Waals surface area contributed by atoms with Gasteiger partial charge >= 0.3 is 23.9 Å². The third-order valence-corrected chi connectivity index (χ3v) is 3.03. The Morgan fingerprint density at radius 1 is 0.833 bits per heavy atom. The lowest BCUT2D eigenvalue weighted by atomic mass is 9.97. The maximum atomic E-state index is 11.3. The van der Waals surface area contributed by atoms with E-state index in [9.17, 15) is 19.2 Å². The van der Waals surface area contributed by atoms with Crippen LogP contribution in [-0.2, 0) is 42.9 Å². The van der Waals surface area contributed by atoms with Crippen LogP contribution in [0, 0.1) is 0 Å². The smallest absolute Gasteiger partial charge is 0.304 e. The van der Waals surface area contributed by atoms with Gasteiger partial charge in [0.1, 0.15) is 18.8 Å². The summed E-state index contributed by atoms with van der Waals surface area (Å²) in [5.74, 6) is -2.62. The highest BCUT2D eigenvalue weighted by molar-refractivity contribution is 5.68. The predicted molar refractivity (Wildman–Crippen MR) is 76.1 cm³/mol. The molecule has 136 valence electrons. The van der Waals surface area contributed by atoms with Gasteiger partial charge in [0.15, 0.2) is 12.2 Å². The SMILES string of the molecule is CC(=O)OC[C@@H]1O[C@H](OC(C)=O)[C@@H](N)[C@H](OC(C)=O)[C@H]1OC(C)=O. The second-order valence-corrected chi connectivity index (χ2v) is 5.18. The predicted octanol–water partition coefficient (Wildman–Crippen LogP) is -0.972. The summed E-state index contributed by atoms with van der Waals surface area (Å²) in [5, 5.41) is 0. The molecule has 0 aliphatic carbocycles. The molecule has 0 aromatic heterocycles. The first kappa shape index (κ1) is 19.8. The third-order valence-electron chi connectivity index (χ3n) is 3.03. The summed E-state index contributed by atoms with van der Waals surface area (Å²) in [7, 11) is 0. The van der Waals surface area contributed by atoms with Crippen LogP contribution in [0.2, 0.25) is 0 Å². The molecule has 24 heavy (non-hydrogen) atoms. The molecular weight excluding hydrogens is 326 g/mol. The summed E-state index contributed by atoms with van der Waals surface area (Å²) >= 11 is 0. The van der Waals surface area contributed by atoms with E-state index in [4.69, 9.17) is 29.4 Å². The van der Waals surface area contributed by atoms with E-state index in [0.717, 1.165) is 20.8 Å². The van der Waals surface area contributed by atoms with Crippen molar-refractivity contribution in [3.8, 4) is 0 Å². The molecule has 0 amide bonds. The minimum absolute atomic E-state index is 0.310. The minimum atomic E-state index is -1.26. The van der Waals surface area contributed by atoms with Crippen LogP contribution in [0.25, 0.3) is 0 Å². The molecule has 10 heteroatoms. The van der Waals surface area contributed by atoms with Gasteiger partial charge in [0.25, 0.3) is 0 Å². The Bertz CT molecular complexity index is 490. The molecule has 0 aromatic rings. The normalized spacial score (nSPS) is 29.3. The molecule has 0 bridgehead atoms. The van der Waals surface area contributed by atoms with Crippen molar-refractivity contribution in [2.75, 3.05) is 6.61 Å². The van der Waals surface area contributed by atoms with Gasteiger partial charge in [-0.25, -0.2) is 0 Å². The van der Waals surface area contributed by atoms with E-state index in [1.165, 1.54) is 6.92 Å². The van der Waals surface area contributed by atoms with Crippen LogP contribution in [0.1, 0.15) is 27.7 Å². The molecule has 0 radical (unpaired) electrons. The largest absolute Gasteiger partial charge is 0.463 e. The number of nitrogens with two attached hydrogens (primary N) is 1. The van der Waals surface area contributed by atoms with Gasteiger partial charge in [0, 0.05) is 27.7 Å². The van der Waals surface area contributed by atoms with Gasteiger partial charge in [-0.1, -0.05) is 0 Å². The standard InChI is InChI=1S/C14H21NO9/c1-6(16)20-5-10-12(21-7(2)17)13(22-8(3)18)11(15)14(24-10)23-9(4)19/h10-14H,5,15H2,1-4H3/t10-,11-,12-,13-,14-/m0/s1. The molecule has 0 saturated carbocycles. The molecule has 1 aliphatic heterocycles. The second-order valence-electron chi connectivity index (χ2n) is 5.18. The molecular formula is C14H21NO9. The third kappa shape index (κ3) is 5.78. The fourth-order valence-corrected chi connectivity index (χ4v) is 2.20. The van der Waals surface area contributed by atoms with E-state index < -0.39 is 54.5 Å². The number of rotatable bonds is 5. The van der Waals surface area contributed by atoms with Gasteiger partial charge in [-0.05, 0) is 0 Å². The summed E-state index contributed by atoms with van der Waals surface area (Å²) in [5.41, 5.74) is 5.93. The summed E-state index contributed by atoms with van der Waals surface area (Å²) in [6.07, 6.45) is -4.58. The second kappa shape index (κ2) is 8.60. The number of esters is 4. The Balaban J connectivity index is 3.08. The van der Waals surface area contributed by atoms with E-state index in [-0.39, 0.29) is 6.61 Å². The van der Waals surface area contributed by atoms with Gasteiger partial charge in [-0.2, -0.15) is 0 Å². The number of carbonyl (C=O) groups excluding carboxylic acids is 4. The Morgan fingerprint density at radius 3 is 1.79 bits per heavy atom. The first-order valence-electron chi connectivity index (χ1n) is 7.18. The monoisotopic (exact) mass is 347 g/mol. The van der Waals surface area contributed by atoms with Gasteiger partial charge in [-0.15, -0.1) is 0 Å².